The Labute approximate surface area is 116 Å². The molecule has 0 aromatic heterocycles. The minimum absolute atomic E-state index is 0.181. The molecule has 5 heteroatoms. The Morgan fingerprint density at radius 1 is 1.25 bits per heavy atom. The third kappa shape index (κ3) is 3.24. The van der Waals surface area contributed by atoms with E-state index >= 15 is 0 Å². The molecule has 0 spiro atoms. The van der Waals surface area contributed by atoms with Crippen molar-refractivity contribution in [2.45, 2.75) is 38.5 Å². The number of para-hydroxylation sites is 1. The Hall–Kier alpha value is -1.70. The minimum atomic E-state index is -4.45. The van der Waals surface area contributed by atoms with E-state index in [1.165, 1.54) is 18.2 Å². The summed E-state index contributed by atoms with van der Waals surface area (Å²) in [6.45, 7) is 2.03. The summed E-state index contributed by atoms with van der Waals surface area (Å²) in [4.78, 5) is 0. The van der Waals surface area contributed by atoms with Crippen LogP contribution < -0.4 is 4.74 Å². The molecule has 0 bridgehead atoms. The van der Waals surface area contributed by atoms with Gasteiger partial charge in [-0.25, -0.2) is 0 Å². The van der Waals surface area contributed by atoms with Crippen LogP contribution in [0.25, 0.3) is 0 Å². The zero-order chi connectivity index (χ0) is 14.8. The summed E-state index contributed by atoms with van der Waals surface area (Å²) in [5, 5.41) is 9.10. The SMILES string of the molecule is CC1CCC(C#N)C(Oc2ccccc2C(F)(F)F)C1. The van der Waals surface area contributed by atoms with Crippen LogP contribution in [-0.4, -0.2) is 6.10 Å². The molecule has 108 valence electrons. The fourth-order valence-corrected chi connectivity index (χ4v) is 2.57. The molecule has 1 aromatic rings. The molecule has 1 aliphatic carbocycles. The molecule has 1 aromatic carbocycles. The van der Waals surface area contributed by atoms with Crippen LogP contribution in [0, 0.1) is 23.2 Å². The van der Waals surface area contributed by atoms with E-state index in [1.807, 2.05) is 6.92 Å². The maximum Gasteiger partial charge on any atom is 0.419 e. The first-order valence-electron chi connectivity index (χ1n) is 6.64. The molecule has 20 heavy (non-hydrogen) atoms. The number of rotatable bonds is 2. The van der Waals surface area contributed by atoms with Gasteiger partial charge in [0.2, 0.25) is 0 Å². The van der Waals surface area contributed by atoms with Crippen LogP contribution in [0.1, 0.15) is 31.7 Å². The topological polar surface area (TPSA) is 33.0 Å². The van der Waals surface area contributed by atoms with Crippen molar-refractivity contribution in [2.24, 2.45) is 11.8 Å². The zero-order valence-electron chi connectivity index (χ0n) is 11.2. The zero-order valence-corrected chi connectivity index (χ0v) is 11.2. The first-order valence-corrected chi connectivity index (χ1v) is 6.64. The summed E-state index contributed by atoms with van der Waals surface area (Å²) in [7, 11) is 0. The maximum absolute atomic E-state index is 12.9. The van der Waals surface area contributed by atoms with Gasteiger partial charge in [0.15, 0.2) is 0 Å². The normalized spacial score (nSPS) is 26.9. The van der Waals surface area contributed by atoms with Gasteiger partial charge >= 0.3 is 6.18 Å². The van der Waals surface area contributed by atoms with Crippen LogP contribution in [-0.2, 0) is 6.18 Å². The van der Waals surface area contributed by atoms with Crippen LogP contribution in [0.4, 0.5) is 13.2 Å². The summed E-state index contributed by atoms with van der Waals surface area (Å²) in [6.07, 6.45) is -2.70. The van der Waals surface area contributed by atoms with E-state index in [0.29, 0.717) is 18.8 Å². The van der Waals surface area contributed by atoms with Crippen molar-refractivity contribution in [3.8, 4) is 11.8 Å². The molecule has 3 atom stereocenters. The van der Waals surface area contributed by atoms with Crippen molar-refractivity contribution in [1.29, 1.82) is 5.26 Å². The average Bonchev–Trinajstić information content (AvgIpc) is 2.38. The first-order chi connectivity index (χ1) is 9.41. The van der Waals surface area contributed by atoms with Crippen LogP contribution in [0.3, 0.4) is 0 Å². The monoisotopic (exact) mass is 283 g/mol. The molecule has 1 aliphatic rings. The predicted octanol–water partition coefficient (Wildman–Crippen LogP) is 4.41. The fraction of sp³-hybridized carbons (Fsp3) is 0.533. The highest BCUT2D eigenvalue weighted by Crippen LogP contribution is 2.38. The van der Waals surface area contributed by atoms with Crippen LogP contribution in [0.5, 0.6) is 5.75 Å². The van der Waals surface area contributed by atoms with Gasteiger partial charge in [-0.3, -0.25) is 0 Å². The van der Waals surface area contributed by atoms with E-state index in [4.69, 9.17) is 10.00 Å². The standard InChI is InChI=1S/C15H16F3NO/c1-10-6-7-11(9-19)14(8-10)20-13-5-3-2-4-12(13)15(16,17)18/h2-5,10-11,14H,6-8H2,1H3. The maximum atomic E-state index is 12.9. The summed E-state index contributed by atoms with van der Waals surface area (Å²) >= 11 is 0. The van der Waals surface area contributed by atoms with Gasteiger partial charge in [0, 0.05) is 0 Å². The summed E-state index contributed by atoms with van der Waals surface area (Å²) < 4.78 is 44.3. The summed E-state index contributed by atoms with van der Waals surface area (Å²) in [5.74, 6) is -0.158. The minimum Gasteiger partial charge on any atom is -0.488 e. The van der Waals surface area contributed by atoms with Crippen LogP contribution >= 0.6 is 0 Å². The van der Waals surface area contributed by atoms with Crippen molar-refractivity contribution in [3.05, 3.63) is 29.8 Å². The molecule has 0 radical (unpaired) electrons. The Balaban J connectivity index is 2.23. The van der Waals surface area contributed by atoms with Crippen molar-refractivity contribution >= 4 is 0 Å². The largest absolute Gasteiger partial charge is 0.488 e. The Morgan fingerprint density at radius 2 is 1.95 bits per heavy atom. The molecule has 0 amide bonds. The highest BCUT2D eigenvalue weighted by molar-refractivity contribution is 5.35. The van der Waals surface area contributed by atoms with E-state index in [2.05, 4.69) is 6.07 Å². The van der Waals surface area contributed by atoms with Crippen molar-refractivity contribution < 1.29 is 17.9 Å². The molecule has 1 fully saturated rings. The molecular formula is C15H16F3NO. The summed E-state index contributed by atoms with van der Waals surface area (Å²) in [6, 6.07) is 7.31. The summed E-state index contributed by atoms with van der Waals surface area (Å²) in [5.41, 5.74) is -0.782. The van der Waals surface area contributed by atoms with E-state index in [9.17, 15) is 13.2 Å². The number of alkyl halides is 3. The number of halogens is 3. The van der Waals surface area contributed by atoms with Gasteiger partial charge in [-0.1, -0.05) is 19.1 Å². The molecule has 0 heterocycles. The number of nitriles is 1. The quantitative estimate of drug-likeness (QED) is 0.805. The molecular weight excluding hydrogens is 267 g/mol. The molecule has 1 saturated carbocycles. The van der Waals surface area contributed by atoms with Gasteiger partial charge in [-0.15, -0.1) is 0 Å². The number of ether oxygens (including phenoxy) is 1. The molecule has 0 N–H and O–H groups in total. The number of hydrogen-bond acceptors (Lipinski definition) is 2. The number of hydrogen-bond donors (Lipinski definition) is 0. The van der Waals surface area contributed by atoms with Gasteiger partial charge in [-0.05, 0) is 37.3 Å². The second-order valence-electron chi connectivity index (χ2n) is 5.30. The van der Waals surface area contributed by atoms with E-state index in [-0.39, 0.29) is 11.7 Å². The Kier molecular flexibility index (Phi) is 4.22. The van der Waals surface area contributed by atoms with Gasteiger partial charge < -0.3 is 4.74 Å². The van der Waals surface area contributed by atoms with Crippen LogP contribution in [0.15, 0.2) is 24.3 Å². The van der Waals surface area contributed by atoms with Gasteiger partial charge in [0.05, 0.1) is 17.6 Å². The second kappa shape index (κ2) is 5.74. The van der Waals surface area contributed by atoms with E-state index in [0.717, 1.165) is 12.5 Å². The lowest BCUT2D eigenvalue weighted by Crippen LogP contribution is -2.33. The lowest BCUT2D eigenvalue weighted by molar-refractivity contribution is -0.139. The number of benzene rings is 1. The molecule has 0 aliphatic heterocycles. The average molecular weight is 283 g/mol. The third-order valence-corrected chi connectivity index (χ3v) is 3.69. The van der Waals surface area contributed by atoms with Gasteiger partial charge in [0.25, 0.3) is 0 Å². The van der Waals surface area contributed by atoms with Gasteiger partial charge in [0.1, 0.15) is 11.9 Å². The molecule has 2 rings (SSSR count). The Bertz CT molecular complexity index is 507. The highest BCUT2D eigenvalue weighted by Gasteiger charge is 2.36. The first kappa shape index (κ1) is 14.7. The molecule has 0 saturated heterocycles. The van der Waals surface area contributed by atoms with E-state index in [1.54, 1.807) is 0 Å². The number of nitrogens with zero attached hydrogens (tertiary/aromatic N) is 1. The van der Waals surface area contributed by atoms with Crippen molar-refractivity contribution in [2.75, 3.05) is 0 Å². The lowest BCUT2D eigenvalue weighted by atomic mass is 9.81. The molecule has 3 unspecified atom stereocenters. The van der Waals surface area contributed by atoms with Crippen molar-refractivity contribution in [3.63, 3.8) is 0 Å². The third-order valence-electron chi connectivity index (χ3n) is 3.69. The van der Waals surface area contributed by atoms with E-state index < -0.39 is 17.8 Å². The lowest BCUT2D eigenvalue weighted by Gasteiger charge is -2.32. The predicted molar refractivity (Wildman–Crippen MR) is 68.0 cm³/mol. The van der Waals surface area contributed by atoms with Crippen LogP contribution in [0.2, 0.25) is 0 Å². The molecule has 2 nitrogen and oxygen atoms in total. The van der Waals surface area contributed by atoms with Crippen molar-refractivity contribution in [1.82, 2.24) is 0 Å². The highest BCUT2D eigenvalue weighted by atomic mass is 19.4. The second-order valence-corrected chi connectivity index (χ2v) is 5.30. The smallest absolute Gasteiger partial charge is 0.419 e. The van der Waals surface area contributed by atoms with Gasteiger partial charge in [-0.2, -0.15) is 18.4 Å². The Morgan fingerprint density at radius 3 is 2.60 bits per heavy atom. The fourth-order valence-electron chi connectivity index (χ4n) is 2.57.